The Morgan fingerprint density at radius 2 is 2.35 bits per heavy atom. The molecule has 1 aromatic rings. The minimum absolute atomic E-state index is 0.0416. The number of anilines is 1. The van der Waals surface area contributed by atoms with E-state index in [1.165, 1.54) is 0 Å². The normalized spacial score (nSPS) is 22.9. The summed E-state index contributed by atoms with van der Waals surface area (Å²) in [6, 6.07) is 1.62. The van der Waals surface area contributed by atoms with E-state index >= 15 is 0 Å². The maximum Gasteiger partial charge on any atom is 0.324 e. The summed E-state index contributed by atoms with van der Waals surface area (Å²) in [4.78, 5) is 25.2. The number of hydrogen-bond acceptors (Lipinski definition) is 5. The van der Waals surface area contributed by atoms with Crippen molar-refractivity contribution in [3.05, 3.63) is 11.8 Å². The van der Waals surface area contributed by atoms with E-state index in [0.29, 0.717) is 25.1 Å². The molecule has 1 saturated heterocycles. The number of hydrogen-bond donors (Lipinski definition) is 2. The molecular formula is C13H19N3O4. The van der Waals surface area contributed by atoms with Gasteiger partial charge in [-0.25, -0.2) is 0 Å². The Balaban J connectivity index is 2.01. The van der Waals surface area contributed by atoms with Crippen LogP contribution < -0.4 is 5.32 Å². The highest BCUT2D eigenvalue weighted by molar-refractivity contribution is 5.91. The number of rotatable bonds is 5. The molecule has 0 aliphatic carbocycles. The molecule has 1 aliphatic rings. The Kier molecular flexibility index (Phi) is 4.08. The van der Waals surface area contributed by atoms with E-state index in [-0.39, 0.29) is 18.3 Å². The zero-order valence-corrected chi connectivity index (χ0v) is 11.7. The van der Waals surface area contributed by atoms with Crippen molar-refractivity contribution in [2.45, 2.75) is 38.6 Å². The smallest absolute Gasteiger partial charge is 0.324 e. The topological polar surface area (TPSA) is 95.7 Å². The number of carboxylic acid groups (broad SMARTS) is 1. The van der Waals surface area contributed by atoms with Gasteiger partial charge in [0, 0.05) is 6.07 Å². The molecule has 2 rings (SSSR count). The van der Waals surface area contributed by atoms with Crippen LogP contribution in [0.15, 0.2) is 10.6 Å². The minimum atomic E-state index is -0.922. The van der Waals surface area contributed by atoms with Crippen LogP contribution in [0.3, 0.4) is 0 Å². The highest BCUT2D eigenvalue weighted by Gasteiger charge is 2.46. The van der Waals surface area contributed by atoms with Crippen molar-refractivity contribution in [2.75, 3.05) is 18.4 Å². The van der Waals surface area contributed by atoms with Gasteiger partial charge in [0.25, 0.3) is 0 Å². The first-order valence-electron chi connectivity index (χ1n) is 6.69. The molecule has 7 nitrogen and oxygen atoms in total. The molecule has 0 radical (unpaired) electrons. The molecule has 0 saturated carbocycles. The molecule has 2 N–H and O–H groups in total. The van der Waals surface area contributed by atoms with Crippen LogP contribution in [0.1, 0.15) is 31.9 Å². The van der Waals surface area contributed by atoms with Gasteiger partial charge in [0.05, 0.1) is 12.2 Å². The second-order valence-corrected chi connectivity index (χ2v) is 5.10. The number of carboxylic acids is 1. The summed E-state index contributed by atoms with van der Waals surface area (Å²) >= 11 is 0. The van der Waals surface area contributed by atoms with E-state index in [1.807, 2.05) is 6.92 Å². The second kappa shape index (κ2) is 5.62. The predicted molar refractivity (Wildman–Crippen MR) is 71.3 cm³/mol. The first kappa shape index (κ1) is 14.5. The summed E-state index contributed by atoms with van der Waals surface area (Å²) in [7, 11) is 0. The summed E-state index contributed by atoms with van der Waals surface area (Å²) in [5.41, 5.74) is -0.246. The average molecular weight is 281 g/mol. The molecule has 110 valence electrons. The van der Waals surface area contributed by atoms with Crippen LogP contribution in [0, 0.1) is 6.92 Å². The molecule has 1 fully saturated rings. The maximum atomic E-state index is 12.0. The van der Waals surface area contributed by atoms with E-state index in [1.54, 1.807) is 17.9 Å². The lowest BCUT2D eigenvalue weighted by molar-refractivity contribution is -0.150. The first-order valence-corrected chi connectivity index (χ1v) is 6.69. The molecule has 7 heteroatoms. The van der Waals surface area contributed by atoms with Crippen LogP contribution in [0.5, 0.6) is 0 Å². The number of aliphatic carboxylic acids is 1. The molecule has 20 heavy (non-hydrogen) atoms. The van der Waals surface area contributed by atoms with Gasteiger partial charge in [-0.05, 0) is 32.7 Å². The standard InChI is InChI=1S/C13H19N3O4/c1-3-13(12(18)19)5-4-6-16(13)8-10(17)14-11-7-9(2)15-20-11/h7H,3-6,8H2,1-2H3,(H,14,17)(H,18,19). The summed E-state index contributed by atoms with van der Waals surface area (Å²) < 4.78 is 4.91. The maximum absolute atomic E-state index is 12.0. The van der Waals surface area contributed by atoms with Crippen molar-refractivity contribution in [2.24, 2.45) is 0 Å². The molecular weight excluding hydrogens is 262 g/mol. The van der Waals surface area contributed by atoms with Crippen molar-refractivity contribution in [3.63, 3.8) is 0 Å². The van der Waals surface area contributed by atoms with Gasteiger partial charge in [-0.1, -0.05) is 12.1 Å². The third-order valence-corrected chi connectivity index (χ3v) is 3.83. The lowest BCUT2D eigenvalue weighted by Crippen LogP contribution is -2.52. The molecule has 2 heterocycles. The largest absolute Gasteiger partial charge is 0.480 e. The van der Waals surface area contributed by atoms with Crippen molar-refractivity contribution in [1.29, 1.82) is 0 Å². The van der Waals surface area contributed by atoms with Crippen LogP contribution in [-0.2, 0) is 9.59 Å². The predicted octanol–water partition coefficient (Wildman–Crippen LogP) is 1.25. The van der Waals surface area contributed by atoms with Crippen molar-refractivity contribution in [3.8, 4) is 0 Å². The van der Waals surface area contributed by atoms with Crippen LogP contribution in [0.2, 0.25) is 0 Å². The van der Waals surface area contributed by atoms with E-state index in [2.05, 4.69) is 10.5 Å². The number of carbonyl (C=O) groups excluding carboxylic acids is 1. The first-order chi connectivity index (χ1) is 9.48. The lowest BCUT2D eigenvalue weighted by Gasteiger charge is -2.33. The number of amides is 1. The summed E-state index contributed by atoms with van der Waals surface area (Å²) in [6.07, 6.45) is 1.85. The highest BCUT2D eigenvalue weighted by Crippen LogP contribution is 2.32. The molecule has 1 unspecified atom stereocenters. The summed E-state index contributed by atoms with van der Waals surface area (Å²) in [6.45, 7) is 4.25. The van der Waals surface area contributed by atoms with Crippen LogP contribution >= 0.6 is 0 Å². The molecule has 1 aliphatic heterocycles. The number of aromatic nitrogens is 1. The Labute approximate surface area is 116 Å². The van der Waals surface area contributed by atoms with Crippen LogP contribution in [-0.4, -0.2) is 45.7 Å². The Hall–Kier alpha value is -1.89. The number of carbonyl (C=O) groups is 2. The number of aryl methyl sites for hydroxylation is 1. The average Bonchev–Trinajstić information content (AvgIpc) is 2.96. The van der Waals surface area contributed by atoms with Gasteiger partial charge in [0.2, 0.25) is 11.8 Å². The zero-order chi connectivity index (χ0) is 14.8. The van der Waals surface area contributed by atoms with E-state index in [4.69, 9.17) is 4.52 Å². The van der Waals surface area contributed by atoms with E-state index in [9.17, 15) is 14.7 Å². The van der Waals surface area contributed by atoms with Crippen molar-refractivity contribution in [1.82, 2.24) is 10.1 Å². The van der Waals surface area contributed by atoms with Gasteiger partial charge in [-0.2, -0.15) is 0 Å². The fourth-order valence-corrected chi connectivity index (χ4v) is 2.73. The third-order valence-electron chi connectivity index (χ3n) is 3.83. The van der Waals surface area contributed by atoms with Gasteiger partial charge < -0.3 is 9.63 Å². The van der Waals surface area contributed by atoms with E-state index < -0.39 is 11.5 Å². The number of nitrogens with one attached hydrogen (secondary N) is 1. The second-order valence-electron chi connectivity index (χ2n) is 5.10. The molecule has 1 atom stereocenters. The Morgan fingerprint density at radius 1 is 1.60 bits per heavy atom. The summed E-state index contributed by atoms with van der Waals surface area (Å²) in [5.74, 6) is -0.868. The number of likely N-dealkylation sites (tertiary alicyclic amines) is 1. The molecule has 1 amide bonds. The Bertz CT molecular complexity index is 513. The third kappa shape index (κ3) is 2.67. The SMILES string of the molecule is CCC1(C(=O)O)CCCN1CC(=O)Nc1cc(C)no1. The zero-order valence-electron chi connectivity index (χ0n) is 11.7. The lowest BCUT2D eigenvalue weighted by atomic mass is 9.93. The van der Waals surface area contributed by atoms with Crippen molar-refractivity contribution < 1.29 is 19.2 Å². The van der Waals surface area contributed by atoms with Crippen molar-refractivity contribution >= 4 is 17.8 Å². The highest BCUT2D eigenvalue weighted by atomic mass is 16.5. The van der Waals surface area contributed by atoms with Gasteiger partial charge >= 0.3 is 5.97 Å². The molecule has 0 bridgehead atoms. The minimum Gasteiger partial charge on any atom is -0.480 e. The van der Waals surface area contributed by atoms with Gasteiger partial charge in [-0.3, -0.25) is 19.8 Å². The summed E-state index contributed by atoms with van der Waals surface area (Å²) in [5, 5.41) is 15.7. The fraction of sp³-hybridized carbons (Fsp3) is 0.615. The Morgan fingerprint density at radius 3 is 2.90 bits per heavy atom. The number of nitrogens with zero attached hydrogens (tertiary/aromatic N) is 2. The monoisotopic (exact) mass is 281 g/mol. The van der Waals surface area contributed by atoms with Gasteiger partial charge in [-0.15, -0.1) is 0 Å². The van der Waals surface area contributed by atoms with Gasteiger partial charge in [0.15, 0.2) is 0 Å². The fourth-order valence-electron chi connectivity index (χ4n) is 2.73. The quantitative estimate of drug-likeness (QED) is 0.843. The van der Waals surface area contributed by atoms with Crippen LogP contribution in [0.25, 0.3) is 0 Å². The van der Waals surface area contributed by atoms with E-state index in [0.717, 1.165) is 6.42 Å². The molecule has 0 aromatic carbocycles. The molecule has 1 aromatic heterocycles. The van der Waals surface area contributed by atoms with Crippen LogP contribution in [0.4, 0.5) is 5.88 Å². The molecule has 0 spiro atoms. The van der Waals surface area contributed by atoms with Gasteiger partial charge in [0.1, 0.15) is 5.54 Å².